The second kappa shape index (κ2) is 6.64. The van der Waals surface area contributed by atoms with Gasteiger partial charge >= 0.3 is 0 Å². The molecule has 2 aromatic rings. The molecule has 0 aromatic carbocycles. The van der Waals surface area contributed by atoms with E-state index < -0.39 is 10.0 Å². The monoisotopic (exact) mass is 299 g/mol. The first-order chi connectivity index (χ1) is 9.62. The Labute approximate surface area is 117 Å². The van der Waals surface area contributed by atoms with Crippen LogP contribution in [0.1, 0.15) is 12.1 Å². The molecule has 110 valence electrons. The lowest BCUT2D eigenvalue weighted by Gasteiger charge is -2.02. The highest BCUT2D eigenvalue weighted by Gasteiger charge is 2.16. The van der Waals surface area contributed by atoms with E-state index in [2.05, 4.69) is 24.8 Å². The molecule has 2 rings (SSSR count). The molecular formula is C11H17N5O3S. The van der Waals surface area contributed by atoms with Crippen LogP contribution in [-0.4, -0.2) is 36.9 Å². The van der Waals surface area contributed by atoms with Gasteiger partial charge in [-0.15, -0.1) is 0 Å². The van der Waals surface area contributed by atoms with E-state index in [0.717, 1.165) is 13.0 Å². The van der Waals surface area contributed by atoms with Crippen LogP contribution in [0, 0.1) is 0 Å². The van der Waals surface area contributed by atoms with E-state index in [4.69, 9.17) is 0 Å². The van der Waals surface area contributed by atoms with Crippen LogP contribution in [-0.2, 0) is 23.1 Å². The second-order valence-corrected chi connectivity index (χ2v) is 5.98. The van der Waals surface area contributed by atoms with Crippen molar-refractivity contribution < 1.29 is 12.9 Å². The van der Waals surface area contributed by atoms with Crippen LogP contribution in [0.15, 0.2) is 34.1 Å². The van der Waals surface area contributed by atoms with E-state index in [1.165, 1.54) is 18.7 Å². The number of aryl methyl sites for hydroxylation is 1. The first kappa shape index (κ1) is 14.7. The van der Waals surface area contributed by atoms with Crippen LogP contribution in [0.4, 0.5) is 0 Å². The lowest BCUT2D eigenvalue weighted by molar-refractivity contribution is 0.411. The van der Waals surface area contributed by atoms with Crippen molar-refractivity contribution in [3.05, 3.63) is 30.4 Å². The minimum Gasteiger partial charge on any atom is -0.364 e. The fourth-order valence-corrected chi connectivity index (χ4v) is 2.56. The maximum Gasteiger partial charge on any atom is 0.244 e. The van der Waals surface area contributed by atoms with Crippen LogP contribution in [0.25, 0.3) is 0 Å². The molecule has 8 nitrogen and oxygen atoms in total. The van der Waals surface area contributed by atoms with Gasteiger partial charge in [-0.3, -0.25) is 4.68 Å². The summed E-state index contributed by atoms with van der Waals surface area (Å²) >= 11 is 0. The van der Waals surface area contributed by atoms with Crippen LogP contribution >= 0.6 is 0 Å². The Hall–Kier alpha value is -1.71. The lowest BCUT2D eigenvalue weighted by atomic mass is 10.4. The number of hydrogen-bond donors (Lipinski definition) is 2. The van der Waals surface area contributed by atoms with Crippen LogP contribution in [0.5, 0.6) is 0 Å². The first-order valence-electron chi connectivity index (χ1n) is 6.18. The summed E-state index contributed by atoms with van der Waals surface area (Å²) in [5.74, 6) is 0. The molecule has 0 radical (unpaired) electrons. The summed E-state index contributed by atoms with van der Waals surface area (Å²) in [6.45, 7) is 1.61. The highest BCUT2D eigenvalue weighted by molar-refractivity contribution is 7.89. The lowest BCUT2D eigenvalue weighted by Crippen LogP contribution is -2.23. The number of nitrogens with one attached hydrogen (secondary N) is 2. The summed E-state index contributed by atoms with van der Waals surface area (Å²) in [7, 11) is -1.71. The van der Waals surface area contributed by atoms with Gasteiger partial charge in [0.05, 0.1) is 18.4 Å². The van der Waals surface area contributed by atoms with Gasteiger partial charge in [-0.25, -0.2) is 13.1 Å². The zero-order chi connectivity index (χ0) is 14.4. The van der Waals surface area contributed by atoms with Crippen LogP contribution in [0.3, 0.4) is 0 Å². The molecule has 0 saturated carbocycles. The number of nitrogens with zero attached hydrogens (tertiary/aromatic N) is 3. The Morgan fingerprint density at radius 1 is 1.45 bits per heavy atom. The fraction of sp³-hybridized carbons (Fsp3) is 0.455. The summed E-state index contributed by atoms with van der Waals surface area (Å²) in [5.41, 5.74) is 0.523. The van der Waals surface area contributed by atoms with E-state index in [-0.39, 0.29) is 11.4 Å². The SMILES string of the molecule is CNCCCn1cc(S(=O)(=O)NCc2ccon2)cn1. The van der Waals surface area contributed by atoms with Crippen LogP contribution in [0.2, 0.25) is 0 Å². The molecule has 0 fully saturated rings. The summed E-state index contributed by atoms with van der Waals surface area (Å²) in [4.78, 5) is 0.144. The summed E-state index contributed by atoms with van der Waals surface area (Å²) in [6, 6.07) is 1.60. The maximum atomic E-state index is 12.0. The van der Waals surface area contributed by atoms with Gasteiger partial charge in [0.15, 0.2) is 0 Å². The van der Waals surface area contributed by atoms with Gasteiger partial charge in [0.25, 0.3) is 0 Å². The normalized spacial score (nSPS) is 11.8. The minimum atomic E-state index is -3.58. The van der Waals surface area contributed by atoms with Crippen LogP contribution < -0.4 is 10.0 Å². The molecular weight excluding hydrogens is 282 g/mol. The van der Waals surface area contributed by atoms with Gasteiger partial charge in [0.2, 0.25) is 10.0 Å². The highest BCUT2D eigenvalue weighted by atomic mass is 32.2. The van der Waals surface area contributed by atoms with Crippen molar-refractivity contribution in [2.45, 2.75) is 24.4 Å². The van der Waals surface area contributed by atoms with Crippen molar-refractivity contribution in [3.8, 4) is 0 Å². The van der Waals surface area contributed by atoms with Crippen molar-refractivity contribution in [2.24, 2.45) is 0 Å². The zero-order valence-electron chi connectivity index (χ0n) is 11.1. The van der Waals surface area contributed by atoms with Gasteiger partial charge < -0.3 is 9.84 Å². The number of sulfonamides is 1. The number of hydrogen-bond acceptors (Lipinski definition) is 6. The largest absolute Gasteiger partial charge is 0.364 e. The third kappa shape index (κ3) is 3.89. The quantitative estimate of drug-likeness (QED) is 0.663. The van der Waals surface area contributed by atoms with Gasteiger partial charge in [-0.05, 0) is 20.0 Å². The highest BCUT2D eigenvalue weighted by Crippen LogP contribution is 2.08. The zero-order valence-corrected chi connectivity index (χ0v) is 11.9. The Morgan fingerprint density at radius 3 is 3.00 bits per heavy atom. The molecule has 0 aliphatic carbocycles. The second-order valence-electron chi connectivity index (χ2n) is 4.21. The maximum absolute atomic E-state index is 12.0. The van der Waals surface area contributed by atoms with Crippen molar-refractivity contribution in [1.29, 1.82) is 0 Å². The van der Waals surface area contributed by atoms with E-state index in [9.17, 15) is 8.42 Å². The van der Waals surface area contributed by atoms with Crippen molar-refractivity contribution in [3.63, 3.8) is 0 Å². The minimum absolute atomic E-state index is 0.0871. The standard InChI is InChI=1S/C11H17N5O3S/c1-12-4-2-5-16-9-11(8-13-16)20(17,18)14-7-10-3-6-19-15-10/h3,6,8-9,12,14H,2,4-5,7H2,1H3. The predicted molar refractivity (Wildman–Crippen MR) is 71.3 cm³/mol. The Kier molecular flexibility index (Phi) is 4.88. The molecule has 0 aliphatic rings. The summed E-state index contributed by atoms with van der Waals surface area (Å²) < 4.78 is 32.8. The number of aromatic nitrogens is 3. The molecule has 0 atom stereocenters. The Bertz CT molecular complexity index is 620. The molecule has 2 aromatic heterocycles. The van der Waals surface area contributed by atoms with Gasteiger partial charge in [-0.1, -0.05) is 5.16 Å². The summed E-state index contributed by atoms with van der Waals surface area (Å²) in [5, 5.41) is 10.7. The molecule has 20 heavy (non-hydrogen) atoms. The fourth-order valence-electron chi connectivity index (χ4n) is 1.60. The van der Waals surface area contributed by atoms with Gasteiger partial charge in [0, 0.05) is 18.8 Å². The number of rotatable bonds is 8. The predicted octanol–water partition coefficient (Wildman–Crippen LogP) is -0.0409. The third-order valence-electron chi connectivity index (χ3n) is 2.67. The topological polar surface area (TPSA) is 102 Å². The smallest absolute Gasteiger partial charge is 0.244 e. The summed E-state index contributed by atoms with van der Waals surface area (Å²) in [6.07, 6.45) is 5.12. The Balaban J connectivity index is 1.95. The van der Waals surface area contributed by atoms with E-state index in [0.29, 0.717) is 12.2 Å². The molecule has 0 unspecified atom stereocenters. The Morgan fingerprint density at radius 2 is 2.30 bits per heavy atom. The molecule has 0 saturated heterocycles. The van der Waals surface area contributed by atoms with Crippen molar-refractivity contribution >= 4 is 10.0 Å². The molecule has 9 heteroatoms. The van der Waals surface area contributed by atoms with E-state index in [1.807, 2.05) is 7.05 Å². The first-order valence-corrected chi connectivity index (χ1v) is 7.66. The van der Waals surface area contributed by atoms with E-state index >= 15 is 0 Å². The third-order valence-corrected chi connectivity index (χ3v) is 4.02. The molecule has 0 amide bonds. The molecule has 2 heterocycles. The molecule has 0 aliphatic heterocycles. The van der Waals surface area contributed by atoms with Crippen molar-refractivity contribution in [1.82, 2.24) is 25.0 Å². The molecule has 0 bridgehead atoms. The van der Waals surface area contributed by atoms with Crippen molar-refractivity contribution in [2.75, 3.05) is 13.6 Å². The van der Waals surface area contributed by atoms with E-state index in [1.54, 1.807) is 10.7 Å². The molecule has 2 N–H and O–H groups in total. The van der Waals surface area contributed by atoms with Gasteiger partial charge in [0.1, 0.15) is 11.2 Å². The average molecular weight is 299 g/mol. The molecule has 0 spiro atoms. The van der Waals surface area contributed by atoms with Gasteiger partial charge in [-0.2, -0.15) is 5.10 Å². The average Bonchev–Trinajstić information content (AvgIpc) is 3.08.